The Morgan fingerprint density at radius 1 is 1.06 bits per heavy atom. The Bertz CT molecular complexity index is 1050. The van der Waals surface area contributed by atoms with Crippen LogP contribution in [0.4, 0.5) is 5.69 Å². The van der Waals surface area contributed by atoms with Crippen molar-refractivity contribution < 1.29 is 17.9 Å². The number of likely N-dealkylation sites (tertiary alicyclic amines) is 1. The van der Waals surface area contributed by atoms with Crippen molar-refractivity contribution in [3.05, 3.63) is 54.1 Å². The lowest BCUT2D eigenvalue weighted by Gasteiger charge is -2.47. The molecule has 1 aliphatic carbocycles. The number of nitrogens with zero attached hydrogens (tertiary/aromatic N) is 1. The van der Waals surface area contributed by atoms with Crippen molar-refractivity contribution in [1.82, 2.24) is 4.90 Å². The van der Waals surface area contributed by atoms with Gasteiger partial charge in [0.1, 0.15) is 5.75 Å². The fraction of sp³-hybridized carbons (Fsp3) is 0.458. The predicted octanol–water partition coefficient (Wildman–Crippen LogP) is 4.54. The average molecular weight is 443 g/mol. The van der Waals surface area contributed by atoms with Gasteiger partial charge in [-0.1, -0.05) is 38.0 Å². The quantitative estimate of drug-likeness (QED) is 0.738. The standard InChI is InChI=1S/C24H30N2O4S/c1-17-14-15-26(22-12-5-3-10-20(17)22)24(27)18-8-7-9-19(16-18)31(28,29)25-21-11-4-6-13-23(21)30-2/h4,6-9,11,13,16-17,20,22,25H,3,5,10,12,14-15H2,1-2H3. The molecule has 3 atom stereocenters. The lowest BCUT2D eigenvalue weighted by molar-refractivity contribution is 0.0217. The maximum Gasteiger partial charge on any atom is 0.262 e. The number of fused-ring (bicyclic) bond motifs is 1. The van der Waals surface area contributed by atoms with Crippen LogP contribution >= 0.6 is 0 Å². The topological polar surface area (TPSA) is 75.7 Å². The summed E-state index contributed by atoms with van der Waals surface area (Å²) < 4.78 is 33.8. The summed E-state index contributed by atoms with van der Waals surface area (Å²) in [5.74, 6) is 1.54. The number of benzene rings is 2. The van der Waals surface area contributed by atoms with Crippen molar-refractivity contribution in [1.29, 1.82) is 0 Å². The predicted molar refractivity (Wildman–Crippen MR) is 121 cm³/mol. The van der Waals surface area contributed by atoms with Crippen molar-refractivity contribution in [2.24, 2.45) is 11.8 Å². The number of sulfonamides is 1. The molecule has 2 fully saturated rings. The maximum absolute atomic E-state index is 13.4. The Kier molecular flexibility index (Phi) is 6.23. The molecule has 7 heteroatoms. The zero-order valence-corrected chi connectivity index (χ0v) is 18.9. The summed E-state index contributed by atoms with van der Waals surface area (Å²) >= 11 is 0. The fourth-order valence-electron chi connectivity index (χ4n) is 5.06. The third-order valence-electron chi connectivity index (χ3n) is 6.74. The summed E-state index contributed by atoms with van der Waals surface area (Å²) in [6.07, 6.45) is 5.59. The number of hydrogen-bond donors (Lipinski definition) is 1. The molecule has 6 nitrogen and oxygen atoms in total. The number of anilines is 1. The molecule has 0 bridgehead atoms. The van der Waals surface area contributed by atoms with Crippen LogP contribution in [0.15, 0.2) is 53.4 Å². The molecular formula is C24H30N2O4S. The van der Waals surface area contributed by atoms with Gasteiger partial charge in [0.2, 0.25) is 0 Å². The Hall–Kier alpha value is -2.54. The minimum absolute atomic E-state index is 0.0647. The van der Waals surface area contributed by atoms with Crippen LogP contribution in [0.2, 0.25) is 0 Å². The van der Waals surface area contributed by atoms with E-state index in [2.05, 4.69) is 11.6 Å². The van der Waals surface area contributed by atoms with Gasteiger partial charge in [-0.15, -0.1) is 0 Å². The van der Waals surface area contributed by atoms with Crippen LogP contribution in [0.5, 0.6) is 5.75 Å². The van der Waals surface area contributed by atoms with E-state index in [0.717, 1.165) is 25.8 Å². The molecule has 2 aliphatic rings. The van der Waals surface area contributed by atoms with Gasteiger partial charge in [0, 0.05) is 18.2 Å². The lowest BCUT2D eigenvalue weighted by atomic mass is 9.72. The van der Waals surface area contributed by atoms with Crippen LogP contribution in [0.25, 0.3) is 0 Å². The summed E-state index contributed by atoms with van der Waals surface area (Å²) in [4.78, 5) is 15.4. The van der Waals surface area contributed by atoms with E-state index in [4.69, 9.17) is 4.74 Å². The van der Waals surface area contributed by atoms with E-state index in [1.807, 2.05) is 4.90 Å². The van der Waals surface area contributed by atoms with E-state index in [1.165, 1.54) is 32.1 Å². The van der Waals surface area contributed by atoms with E-state index in [9.17, 15) is 13.2 Å². The first-order valence-electron chi connectivity index (χ1n) is 11.0. The van der Waals surface area contributed by atoms with E-state index < -0.39 is 10.0 Å². The summed E-state index contributed by atoms with van der Waals surface area (Å²) in [7, 11) is -2.38. The molecule has 1 saturated heterocycles. The Morgan fingerprint density at radius 2 is 1.84 bits per heavy atom. The second-order valence-electron chi connectivity index (χ2n) is 8.61. The third-order valence-corrected chi connectivity index (χ3v) is 8.10. The molecule has 1 N–H and O–H groups in total. The van der Waals surface area contributed by atoms with E-state index >= 15 is 0 Å². The normalized spacial score (nSPS) is 23.7. The molecule has 1 heterocycles. The highest BCUT2D eigenvalue weighted by Crippen LogP contribution is 2.39. The second kappa shape index (κ2) is 8.91. The summed E-state index contributed by atoms with van der Waals surface area (Å²) in [6.45, 7) is 3.03. The van der Waals surface area contributed by atoms with E-state index in [1.54, 1.807) is 36.4 Å². The molecule has 2 aromatic rings. The highest BCUT2D eigenvalue weighted by molar-refractivity contribution is 7.92. The number of carbonyl (C=O) groups is 1. The molecule has 0 aromatic heterocycles. The van der Waals surface area contributed by atoms with Crippen LogP contribution in [0.3, 0.4) is 0 Å². The monoisotopic (exact) mass is 442 g/mol. The minimum atomic E-state index is -3.87. The molecule has 166 valence electrons. The van der Waals surface area contributed by atoms with Crippen LogP contribution in [0.1, 0.15) is 49.4 Å². The number of amides is 1. The Balaban J connectivity index is 1.58. The van der Waals surface area contributed by atoms with Gasteiger partial charge in [0.05, 0.1) is 17.7 Å². The Morgan fingerprint density at radius 3 is 2.65 bits per heavy atom. The van der Waals surface area contributed by atoms with Gasteiger partial charge in [-0.2, -0.15) is 0 Å². The van der Waals surface area contributed by atoms with Gasteiger partial charge in [0.25, 0.3) is 15.9 Å². The van der Waals surface area contributed by atoms with Crippen molar-refractivity contribution in [2.45, 2.75) is 50.0 Å². The van der Waals surface area contributed by atoms with Crippen LogP contribution in [-0.4, -0.2) is 38.9 Å². The lowest BCUT2D eigenvalue weighted by Crippen LogP contribution is -2.52. The van der Waals surface area contributed by atoms with E-state index in [0.29, 0.717) is 28.8 Å². The van der Waals surface area contributed by atoms with Gasteiger partial charge in [-0.25, -0.2) is 8.42 Å². The number of ether oxygens (including phenoxy) is 1. The molecule has 1 amide bonds. The van der Waals surface area contributed by atoms with E-state index in [-0.39, 0.29) is 16.8 Å². The SMILES string of the molecule is COc1ccccc1NS(=O)(=O)c1cccc(C(=O)N2CCC(C)C3CCCCC32)c1. The average Bonchev–Trinajstić information content (AvgIpc) is 2.79. The Labute approximate surface area is 184 Å². The first-order chi connectivity index (χ1) is 14.9. The first-order valence-corrected chi connectivity index (χ1v) is 12.5. The van der Waals surface area contributed by atoms with Crippen molar-refractivity contribution >= 4 is 21.6 Å². The van der Waals surface area contributed by atoms with Gasteiger partial charge in [-0.3, -0.25) is 9.52 Å². The van der Waals surface area contributed by atoms with Crippen LogP contribution < -0.4 is 9.46 Å². The van der Waals surface area contributed by atoms with Crippen LogP contribution in [-0.2, 0) is 10.0 Å². The molecule has 2 aromatic carbocycles. The largest absolute Gasteiger partial charge is 0.495 e. The number of piperidine rings is 1. The number of methoxy groups -OCH3 is 1. The van der Waals surface area contributed by atoms with Gasteiger partial charge >= 0.3 is 0 Å². The number of para-hydroxylation sites is 2. The molecule has 3 unspecified atom stereocenters. The molecule has 0 radical (unpaired) electrons. The third kappa shape index (κ3) is 4.42. The molecule has 1 aliphatic heterocycles. The number of carbonyl (C=O) groups excluding carboxylic acids is 1. The smallest absolute Gasteiger partial charge is 0.262 e. The summed E-state index contributed by atoms with van der Waals surface area (Å²) in [5.41, 5.74) is 0.776. The maximum atomic E-state index is 13.4. The van der Waals surface area contributed by atoms with Crippen molar-refractivity contribution in [2.75, 3.05) is 18.4 Å². The summed E-state index contributed by atoms with van der Waals surface area (Å²) in [5, 5.41) is 0. The molecular weight excluding hydrogens is 412 g/mol. The summed E-state index contributed by atoms with van der Waals surface area (Å²) in [6, 6.07) is 13.4. The molecule has 1 saturated carbocycles. The zero-order chi connectivity index (χ0) is 22.0. The zero-order valence-electron chi connectivity index (χ0n) is 18.1. The van der Waals surface area contributed by atoms with Crippen molar-refractivity contribution in [3.8, 4) is 5.75 Å². The van der Waals surface area contributed by atoms with Crippen LogP contribution in [0, 0.1) is 11.8 Å². The number of rotatable bonds is 5. The molecule has 4 rings (SSSR count). The van der Waals surface area contributed by atoms with Gasteiger partial charge in [0.15, 0.2) is 0 Å². The second-order valence-corrected chi connectivity index (χ2v) is 10.3. The van der Waals surface area contributed by atoms with Gasteiger partial charge in [-0.05, 0) is 61.4 Å². The molecule has 0 spiro atoms. The van der Waals surface area contributed by atoms with Gasteiger partial charge < -0.3 is 9.64 Å². The highest BCUT2D eigenvalue weighted by atomic mass is 32.2. The number of hydrogen-bond acceptors (Lipinski definition) is 4. The fourth-order valence-corrected chi connectivity index (χ4v) is 6.18. The van der Waals surface area contributed by atoms with Crippen molar-refractivity contribution in [3.63, 3.8) is 0 Å². The number of nitrogens with one attached hydrogen (secondary N) is 1. The minimum Gasteiger partial charge on any atom is -0.495 e. The molecule has 31 heavy (non-hydrogen) atoms. The first kappa shape index (κ1) is 21.7. The highest BCUT2D eigenvalue weighted by Gasteiger charge is 2.39.